The van der Waals surface area contributed by atoms with E-state index in [4.69, 9.17) is 5.73 Å². The summed E-state index contributed by atoms with van der Waals surface area (Å²) < 4.78 is 28.0. The van der Waals surface area contributed by atoms with Crippen LogP contribution < -0.4 is 10.5 Å². The van der Waals surface area contributed by atoms with Crippen molar-refractivity contribution >= 4 is 10.2 Å². The van der Waals surface area contributed by atoms with E-state index in [9.17, 15) is 8.42 Å². The van der Waals surface area contributed by atoms with Gasteiger partial charge < -0.3 is 5.73 Å². The standard InChI is InChI=1S/C10H23N3O2S/c1-3-12-16(14,15)13(4-2)10-7-5-9(11)6-8-10/h9-10,12H,3-8,11H2,1-2H3. The summed E-state index contributed by atoms with van der Waals surface area (Å²) in [5.74, 6) is 0. The highest BCUT2D eigenvalue weighted by molar-refractivity contribution is 7.87. The molecule has 0 bridgehead atoms. The Kier molecular flexibility index (Phi) is 5.17. The molecule has 0 heterocycles. The van der Waals surface area contributed by atoms with Gasteiger partial charge in [0, 0.05) is 25.2 Å². The van der Waals surface area contributed by atoms with Gasteiger partial charge in [-0.1, -0.05) is 13.8 Å². The lowest BCUT2D eigenvalue weighted by atomic mass is 9.92. The van der Waals surface area contributed by atoms with Gasteiger partial charge in [-0.15, -0.1) is 0 Å². The van der Waals surface area contributed by atoms with Crippen LogP contribution in [-0.4, -0.2) is 37.9 Å². The molecule has 1 aliphatic carbocycles. The molecule has 6 heteroatoms. The zero-order valence-corrected chi connectivity index (χ0v) is 11.0. The van der Waals surface area contributed by atoms with Gasteiger partial charge in [0.15, 0.2) is 0 Å². The molecule has 0 radical (unpaired) electrons. The molecule has 0 unspecified atom stereocenters. The average molecular weight is 249 g/mol. The van der Waals surface area contributed by atoms with Crippen LogP contribution >= 0.6 is 0 Å². The van der Waals surface area contributed by atoms with Gasteiger partial charge in [0.05, 0.1) is 0 Å². The second kappa shape index (κ2) is 5.95. The Morgan fingerprint density at radius 2 is 1.81 bits per heavy atom. The molecule has 96 valence electrons. The van der Waals surface area contributed by atoms with Gasteiger partial charge in [-0.2, -0.15) is 12.7 Å². The molecule has 0 atom stereocenters. The number of rotatable bonds is 5. The van der Waals surface area contributed by atoms with Crippen molar-refractivity contribution in [3.63, 3.8) is 0 Å². The van der Waals surface area contributed by atoms with Gasteiger partial charge in [-0.05, 0) is 25.7 Å². The van der Waals surface area contributed by atoms with Gasteiger partial charge in [-0.25, -0.2) is 4.72 Å². The molecule has 0 aliphatic heterocycles. The maximum atomic E-state index is 11.9. The van der Waals surface area contributed by atoms with Crippen LogP contribution in [0.15, 0.2) is 0 Å². The van der Waals surface area contributed by atoms with Crippen LogP contribution in [0, 0.1) is 0 Å². The van der Waals surface area contributed by atoms with E-state index in [1.807, 2.05) is 6.92 Å². The third-order valence-electron chi connectivity index (χ3n) is 3.10. The van der Waals surface area contributed by atoms with E-state index >= 15 is 0 Å². The van der Waals surface area contributed by atoms with Crippen LogP contribution in [0.3, 0.4) is 0 Å². The van der Waals surface area contributed by atoms with Gasteiger partial charge >= 0.3 is 0 Å². The Morgan fingerprint density at radius 3 is 2.25 bits per heavy atom. The first-order valence-electron chi connectivity index (χ1n) is 6.03. The van der Waals surface area contributed by atoms with E-state index in [2.05, 4.69) is 4.72 Å². The number of hydrogen-bond donors (Lipinski definition) is 2. The Morgan fingerprint density at radius 1 is 1.25 bits per heavy atom. The molecule has 1 fully saturated rings. The fourth-order valence-electron chi connectivity index (χ4n) is 2.28. The molecule has 0 amide bonds. The smallest absolute Gasteiger partial charge is 0.279 e. The molecule has 0 spiro atoms. The van der Waals surface area contributed by atoms with Gasteiger partial charge in [-0.3, -0.25) is 0 Å². The largest absolute Gasteiger partial charge is 0.328 e. The molecule has 0 saturated heterocycles. The predicted molar refractivity (Wildman–Crippen MR) is 65.2 cm³/mol. The Hall–Kier alpha value is -0.170. The summed E-state index contributed by atoms with van der Waals surface area (Å²) >= 11 is 0. The van der Waals surface area contributed by atoms with Gasteiger partial charge in [0.25, 0.3) is 10.2 Å². The summed E-state index contributed by atoms with van der Waals surface area (Å²) in [5.41, 5.74) is 5.82. The molecule has 0 aromatic carbocycles. The van der Waals surface area contributed by atoms with Crippen LogP contribution in [0.4, 0.5) is 0 Å². The van der Waals surface area contributed by atoms with E-state index in [0.29, 0.717) is 13.1 Å². The van der Waals surface area contributed by atoms with Crippen molar-refractivity contribution in [3.8, 4) is 0 Å². The van der Waals surface area contributed by atoms with Gasteiger partial charge in [0.2, 0.25) is 0 Å². The van der Waals surface area contributed by atoms with E-state index in [1.165, 1.54) is 0 Å². The number of hydrogen-bond acceptors (Lipinski definition) is 3. The third-order valence-corrected chi connectivity index (χ3v) is 4.92. The second-order valence-corrected chi connectivity index (χ2v) is 5.98. The lowest BCUT2D eigenvalue weighted by Crippen LogP contribution is -2.48. The van der Waals surface area contributed by atoms with Crippen LogP contribution in [0.5, 0.6) is 0 Å². The molecular weight excluding hydrogens is 226 g/mol. The number of nitrogens with zero attached hydrogens (tertiary/aromatic N) is 1. The van der Waals surface area contributed by atoms with Crippen molar-refractivity contribution < 1.29 is 8.42 Å². The summed E-state index contributed by atoms with van der Waals surface area (Å²) in [6.45, 7) is 4.63. The Balaban J connectivity index is 2.67. The summed E-state index contributed by atoms with van der Waals surface area (Å²) in [4.78, 5) is 0. The summed E-state index contributed by atoms with van der Waals surface area (Å²) in [6, 6.07) is 0.366. The van der Waals surface area contributed by atoms with Crippen molar-refractivity contribution in [2.75, 3.05) is 13.1 Å². The minimum Gasteiger partial charge on any atom is -0.328 e. The van der Waals surface area contributed by atoms with E-state index in [0.717, 1.165) is 25.7 Å². The molecule has 0 aromatic rings. The topological polar surface area (TPSA) is 75.4 Å². The molecule has 1 saturated carbocycles. The monoisotopic (exact) mass is 249 g/mol. The van der Waals surface area contributed by atoms with Crippen molar-refractivity contribution in [1.82, 2.24) is 9.03 Å². The van der Waals surface area contributed by atoms with Crippen LogP contribution in [0.2, 0.25) is 0 Å². The average Bonchev–Trinajstić information content (AvgIpc) is 2.21. The second-order valence-electron chi connectivity index (χ2n) is 4.27. The van der Waals surface area contributed by atoms with Crippen LogP contribution in [0.1, 0.15) is 39.5 Å². The molecule has 0 aromatic heterocycles. The zero-order chi connectivity index (χ0) is 12.2. The fourth-order valence-corrected chi connectivity index (χ4v) is 3.75. The van der Waals surface area contributed by atoms with E-state index in [-0.39, 0.29) is 12.1 Å². The normalized spacial score (nSPS) is 27.2. The first-order valence-corrected chi connectivity index (χ1v) is 7.47. The molecule has 1 aliphatic rings. The molecule has 1 rings (SSSR count). The quantitative estimate of drug-likeness (QED) is 0.742. The summed E-state index contributed by atoms with van der Waals surface area (Å²) in [7, 11) is -3.30. The zero-order valence-electron chi connectivity index (χ0n) is 10.1. The third kappa shape index (κ3) is 3.41. The number of nitrogens with one attached hydrogen (secondary N) is 1. The minimum absolute atomic E-state index is 0.119. The maximum Gasteiger partial charge on any atom is 0.279 e. The van der Waals surface area contributed by atoms with E-state index in [1.54, 1.807) is 11.2 Å². The minimum atomic E-state index is -3.30. The highest BCUT2D eigenvalue weighted by atomic mass is 32.2. The Labute approximate surface area is 98.6 Å². The molecule has 16 heavy (non-hydrogen) atoms. The fraction of sp³-hybridized carbons (Fsp3) is 1.00. The van der Waals surface area contributed by atoms with Crippen molar-refractivity contribution in [2.45, 2.75) is 51.6 Å². The number of nitrogens with two attached hydrogens (primary N) is 1. The van der Waals surface area contributed by atoms with Crippen LogP contribution in [0.25, 0.3) is 0 Å². The molecule has 3 N–H and O–H groups in total. The van der Waals surface area contributed by atoms with Crippen molar-refractivity contribution in [2.24, 2.45) is 5.73 Å². The highest BCUT2D eigenvalue weighted by Crippen LogP contribution is 2.23. The van der Waals surface area contributed by atoms with E-state index < -0.39 is 10.2 Å². The van der Waals surface area contributed by atoms with Crippen LogP contribution in [-0.2, 0) is 10.2 Å². The molecule has 5 nitrogen and oxygen atoms in total. The maximum absolute atomic E-state index is 11.9. The SMILES string of the molecule is CCNS(=O)(=O)N(CC)C1CCC(N)CC1. The lowest BCUT2D eigenvalue weighted by Gasteiger charge is -2.34. The first-order chi connectivity index (χ1) is 7.51. The first kappa shape index (κ1) is 13.9. The van der Waals surface area contributed by atoms with Crippen molar-refractivity contribution in [1.29, 1.82) is 0 Å². The lowest BCUT2D eigenvalue weighted by molar-refractivity contribution is 0.245. The summed E-state index contributed by atoms with van der Waals surface area (Å²) in [6.07, 6.45) is 3.59. The van der Waals surface area contributed by atoms with Gasteiger partial charge in [0.1, 0.15) is 0 Å². The highest BCUT2D eigenvalue weighted by Gasteiger charge is 2.30. The predicted octanol–water partition coefficient (Wildman–Crippen LogP) is 0.433. The van der Waals surface area contributed by atoms with Crippen molar-refractivity contribution in [3.05, 3.63) is 0 Å². The Bertz CT molecular complexity index is 297. The summed E-state index contributed by atoms with van der Waals surface area (Å²) in [5, 5.41) is 0. The molecular formula is C10H23N3O2S.